The number of hydrogen-bond acceptors (Lipinski definition) is 6. The number of esters is 1. The molecule has 2 rings (SSSR count). The van der Waals surface area contributed by atoms with E-state index in [2.05, 4.69) is 5.32 Å². The minimum Gasteiger partial charge on any atom is -0.467 e. The average molecular weight is 543 g/mol. The predicted octanol–water partition coefficient (Wildman–Crippen LogP) is 2.68. The summed E-state index contributed by atoms with van der Waals surface area (Å²) in [5.74, 6) is -1.36. The van der Waals surface area contributed by atoms with E-state index in [1.807, 2.05) is 65.0 Å². The van der Waals surface area contributed by atoms with Crippen LogP contribution in [0.25, 0.3) is 0 Å². The summed E-state index contributed by atoms with van der Waals surface area (Å²) < 4.78 is 4.87. The highest BCUT2D eigenvalue weighted by atomic mass is 16.5. The topological polar surface area (TPSA) is 122 Å². The van der Waals surface area contributed by atoms with Crippen molar-refractivity contribution in [2.45, 2.75) is 85.0 Å². The van der Waals surface area contributed by atoms with Crippen LogP contribution in [0.4, 0.5) is 0 Å². The molecule has 9 nitrogen and oxygen atoms in total. The fourth-order valence-electron chi connectivity index (χ4n) is 4.91. The summed E-state index contributed by atoms with van der Waals surface area (Å²) in [6, 6.07) is 6.85. The lowest BCUT2D eigenvalue weighted by Gasteiger charge is -2.38. The molecule has 216 valence electrons. The van der Waals surface area contributed by atoms with Gasteiger partial charge in [0.1, 0.15) is 12.1 Å². The second kappa shape index (κ2) is 13.7. The van der Waals surface area contributed by atoms with Crippen molar-refractivity contribution in [3.05, 3.63) is 47.5 Å². The lowest BCUT2D eigenvalue weighted by atomic mass is 9.84. The number of rotatable bonds is 10. The van der Waals surface area contributed by atoms with Crippen LogP contribution in [0, 0.1) is 11.3 Å². The van der Waals surface area contributed by atoms with E-state index in [9.17, 15) is 19.2 Å². The molecule has 3 N–H and O–H groups in total. The first-order chi connectivity index (χ1) is 18.2. The Hall–Kier alpha value is -3.20. The number of likely N-dealkylation sites (tertiary alicyclic amines) is 1. The van der Waals surface area contributed by atoms with Crippen LogP contribution >= 0.6 is 0 Å². The maximum absolute atomic E-state index is 13.8. The van der Waals surface area contributed by atoms with Gasteiger partial charge in [-0.15, -0.1) is 0 Å². The fourth-order valence-corrected chi connectivity index (χ4v) is 4.91. The van der Waals surface area contributed by atoms with E-state index in [0.717, 1.165) is 12.0 Å². The van der Waals surface area contributed by atoms with E-state index in [0.29, 0.717) is 25.0 Å². The van der Waals surface area contributed by atoms with Crippen LogP contribution in [-0.4, -0.2) is 78.4 Å². The molecule has 1 aromatic carbocycles. The van der Waals surface area contributed by atoms with Crippen LogP contribution in [0.2, 0.25) is 0 Å². The van der Waals surface area contributed by atoms with E-state index in [-0.39, 0.29) is 17.7 Å². The number of likely N-dealkylation sites (N-methyl/N-ethyl adjacent to an activating group) is 1. The van der Waals surface area contributed by atoms with E-state index in [1.54, 1.807) is 29.8 Å². The van der Waals surface area contributed by atoms with E-state index in [4.69, 9.17) is 10.5 Å². The van der Waals surface area contributed by atoms with Gasteiger partial charge in [-0.25, -0.2) is 4.79 Å². The van der Waals surface area contributed by atoms with Crippen molar-refractivity contribution < 1.29 is 23.9 Å². The van der Waals surface area contributed by atoms with Crippen molar-refractivity contribution in [2.24, 2.45) is 17.1 Å². The number of carbonyl (C=O) groups excluding carboxylic acids is 4. The van der Waals surface area contributed by atoms with Crippen LogP contribution in [0.1, 0.15) is 59.9 Å². The van der Waals surface area contributed by atoms with Gasteiger partial charge in [0.2, 0.25) is 17.7 Å². The minimum atomic E-state index is -0.829. The second-order valence-corrected chi connectivity index (χ2v) is 11.8. The summed E-state index contributed by atoms with van der Waals surface area (Å²) >= 11 is 0. The van der Waals surface area contributed by atoms with E-state index < -0.39 is 41.5 Å². The molecule has 0 saturated carbocycles. The molecule has 0 aromatic heterocycles. The fraction of sp³-hybridized carbons (Fsp3) is 0.600. The molecule has 0 radical (unpaired) electrons. The van der Waals surface area contributed by atoms with Crippen molar-refractivity contribution >= 4 is 23.7 Å². The Morgan fingerprint density at radius 1 is 1.18 bits per heavy atom. The third-order valence-electron chi connectivity index (χ3n) is 7.26. The highest BCUT2D eigenvalue weighted by Gasteiger charge is 2.39. The number of benzene rings is 1. The molecule has 0 unspecified atom stereocenters. The number of nitrogens with two attached hydrogens (primary N) is 1. The summed E-state index contributed by atoms with van der Waals surface area (Å²) in [5.41, 5.74) is 7.00. The Kier molecular flexibility index (Phi) is 11.3. The molecule has 4 atom stereocenters. The van der Waals surface area contributed by atoms with Crippen molar-refractivity contribution in [1.29, 1.82) is 0 Å². The average Bonchev–Trinajstić information content (AvgIpc) is 3.38. The number of nitrogens with zero attached hydrogens (tertiary/aromatic N) is 2. The maximum atomic E-state index is 13.8. The zero-order chi connectivity index (χ0) is 29.5. The van der Waals surface area contributed by atoms with E-state index in [1.165, 1.54) is 7.11 Å². The van der Waals surface area contributed by atoms with Gasteiger partial charge in [-0.05, 0) is 43.1 Å². The smallest absolute Gasteiger partial charge is 0.328 e. The van der Waals surface area contributed by atoms with Gasteiger partial charge in [0.15, 0.2) is 0 Å². The molecular formula is C30H46N4O5. The SMILES string of the molecule is COC(=O)[C@@H]1CCCN1C(=O)/C(C)=C/[C@H](C(C)C)N(C)C(=O)[C@@H](NC(=O)[C@@H](N)Cc1ccccc1)C(C)(C)C. The summed E-state index contributed by atoms with van der Waals surface area (Å²) in [4.78, 5) is 55.4. The molecule has 39 heavy (non-hydrogen) atoms. The molecule has 1 heterocycles. The number of methoxy groups -OCH3 is 1. The number of ether oxygens (including phenoxy) is 1. The van der Waals surface area contributed by atoms with E-state index >= 15 is 0 Å². The van der Waals surface area contributed by atoms with Crippen molar-refractivity contribution in [2.75, 3.05) is 20.7 Å². The zero-order valence-corrected chi connectivity index (χ0v) is 24.7. The maximum Gasteiger partial charge on any atom is 0.328 e. The standard InChI is InChI=1S/C30H46N4O5/c1-19(2)24(17-20(3)27(36)34-16-12-15-23(34)29(38)39-8)33(7)28(37)25(30(4,5)6)32-26(35)22(31)18-21-13-10-9-11-14-21/h9-11,13-14,17,19,22-25H,12,15-16,18,31H2,1-8H3,(H,32,35)/b20-17+/t22-,23-,24+,25+/m0/s1. The molecular weight excluding hydrogens is 496 g/mol. The molecule has 3 amide bonds. The van der Waals surface area contributed by atoms with Crippen LogP contribution in [0.3, 0.4) is 0 Å². The highest BCUT2D eigenvalue weighted by molar-refractivity contribution is 5.96. The normalized spacial score (nSPS) is 18.4. The summed E-state index contributed by atoms with van der Waals surface area (Å²) in [6.45, 7) is 11.8. The lowest BCUT2D eigenvalue weighted by Crippen LogP contribution is -2.59. The molecule has 1 aliphatic rings. The number of nitrogens with one attached hydrogen (secondary N) is 1. The van der Waals surface area contributed by atoms with Crippen LogP contribution in [0.15, 0.2) is 42.0 Å². The van der Waals surface area contributed by atoms with Gasteiger partial charge in [-0.3, -0.25) is 14.4 Å². The van der Waals surface area contributed by atoms with Crippen LogP contribution in [-0.2, 0) is 30.3 Å². The summed E-state index contributed by atoms with van der Waals surface area (Å²) in [7, 11) is 3.00. The Morgan fingerprint density at radius 2 is 1.79 bits per heavy atom. The molecule has 0 aliphatic carbocycles. The van der Waals surface area contributed by atoms with Gasteiger partial charge in [0, 0.05) is 19.2 Å². The Balaban J connectivity index is 2.23. The molecule has 1 aromatic rings. The summed E-state index contributed by atoms with van der Waals surface area (Å²) in [6.07, 6.45) is 3.43. The van der Waals surface area contributed by atoms with Gasteiger partial charge < -0.3 is 25.6 Å². The van der Waals surface area contributed by atoms with Crippen molar-refractivity contribution in [3.8, 4) is 0 Å². The molecule has 1 fully saturated rings. The van der Waals surface area contributed by atoms with Gasteiger partial charge in [-0.2, -0.15) is 0 Å². The van der Waals surface area contributed by atoms with Gasteiger partial charge in [0.05, 0.1) is 19.2 Å². The first kappa shape index (κ1) is 32.0. The first-order valence-electron chi connectivity index (χ1n) is 13.6. The molecule has 0 bridgehead atoms. The monoisotopic (exact) mass is 542 g/mol. The minimum absolute atomic E-state index is 0.0201. The lowest BCUT2D eigenvalue weighted by molar-refractivity contribution is -0.149. The largest absolute Gasteiger partial charge is 0.467 e. The van der Waals surface area contributed by atoms with Crippen LogP contribution in [0.5, 0.6) is 0 Å². The molecule has 1 saturated heterocycles. The second-order valence-electron chi connectivity index (χ2n) is 11.8. The Bertz CT molecular complexity index is 1050. The molecule has 1 aliphatic heterocycles. The Morgan fingerprint density at radius 3 is 2.33 bits per heavy atom. The number of hydrogen-bond donors (Lipinski definition) is 2. The number of carbonyl (C=O) groups is 4. The third-order valence-corrected chi connectivity index (χ3v) is 7.26. The third kappa shape index (κ3) is 8.39. The van der Waals surface area contributed by atoms with Crippen molar-refractivity contribution in [1.82, 2.24) is 15.1 Å². The van der Waals surface area contributed by atoms with Gasteiger partial charge in [0.25, 0.3) is 0 Å². The molecule has 0 spiro atoms. The Labute approximate surface area is 233 Å². The molecule has 9 heteroatoms. The number of amides is 3. The highest BCUT2D eigenvalue weighted by Crippen LogP contribution is 2.25. The van der Waals surface area contributed by atoms with Gasteiger partial charge >= 0.3 is 5.97 Å². The van der Waals surface area contributed by atoms with Gasteiger partial charge in [-0.1, -0.05) is 71.0 Å². The first-order valence-corrected chi connectivity index (χ1v) is 13.6. The van der Waals surface area contributed by atoms with Crippen molar-refractivity contribution in [3.63, 3.8) is 0 Å². The van der Waals surface area contributed by atoms with Crippen LogP contribution < -0.4 is 11.1 Å². The zero-order valence-electron chi connectivity index (χ0n) is 24.7. The summed E-state index contributed by atoms with van der Waals surface area (Å²) in [5, 5.41) is 2.89. The predicted molar refractivity (Wildman–Crippen MR) is 151 cm³/mol. The quantitative estimate of drug-likeness (QED) is 0.346.